The zero-order valence-electron chi connectivity index (χ0n) is 12.4. The highest BCUT2D eigenvalue weighted by molar-refractivity contribution is 5.92. The Hall–Kier alpha value is -2.58. The molecule has 130 valence electrons. The molecule has 0 bridgehead atoms. The SMILES string of the molecule is O=C1CC[C@@H](C(=O)N[C@@H](Cc2cccc(C(F)(F)F)c2)C(=O)O)N1. The second kappa shape index (κ2) is 6.90. The van der Waals surface area contributed by atoms with Crippen molar-refractivity contribution < 1.29 is 32.7 Å². The van der Waals surface area contributed by atoms with Crippen molar-refractivity contribution in [2.24, 2.45) is 0 Å². The molecule has 2 atom stereocenters. The van der Waals surface area contributed by atoms with Gasteiger partial charge in [-0.15, -0.1) is 0 Å². The summed E-state index contributed by atoms with van der Waals surface area (Å²) in [5.41, 5.74) is -0.758. The lowest BCUT2D eigenvalue weighted by molar-refractivity contribution is -0.142. The maximum absolute atomic E-state index is 12.7. The number of nitrogens with one attached hydrogen (secondary N) is 2. The van der Waals surface area contributed by atoms with E-state index in [1.54, 1.807) is 0 Å². The van der Waals surface area contributed by atoms with E-state index >= 15 is 0 Å². The molecule has 2 rings (SSSR count). The van der Waals surface area contributed by atoms with E-state index in [-0.39, 0.29) is 30.7 Å². The van der Waals surface area contributed by atoms with Gasteiger partial charge in [0.25, 0.3) is 0 Å². The summed E-state index contributed by atoms with van der Waals surface area (Å²) in [5, 5.41) is 13.8. The van der Waals surface area contributed by atoms with Gasteiger partial charge in [-0.2, -0.15) is 13.2 Å². The van der Waals surface area contributed by atoms with Crippen LogP contribution in [0.15, 0.2) is 24.3 Å². The zero-order valence-corrected chi connectivity index (χ0v) is 12.4. The first kappa shape index (κ1) is 17.8. The van der Waals surface area contributed by atoms with Gasteiger partial charge in [0.15, 0.2) is 0 Å². The van der Waals surface area contributed by atoms with Crippen molar-refractivity contribution >= 4 is 17.8 Å². The molecule has 6 nitrogen and oxygen atoms in total. The van der Waals surface area contributed by atoms with Crippen LogP contribution in [-0.2, 0) is 27.0 Å². The Morgan fingerprint density at radius 2 is 2.08 bits per heavy atom. The molecule has 0 saturated carbocycles. The summed E-state index contributed by atoms with van der Waals surface area (Å²) >= 11 is 0. The molecule has 24 heavy (non-hydrogen) atoms. The summed E-state index contributed by atoms with van der Waals surface area (Å²) in [6.45, 7) is 0. The Morgan fingerprint density at radius 1 is 1.38 bits per heavy atom. The van der Waals surface area contributed by atoms with Gasteiger partial charge >= 0.3 is 12.1 Å². The van der Waals surface area contributed by atoms with Crippen LogP contribution in [0.1, 0.15) is 24.0 Å². The van der Waals surface area contributed by atoms with E-state index in [0.29, 0.717) is 0 Å². The smallest absolute Gasteiger partial charge is 0.416 e. The average Bonchev–Trinajstić information content (AvgIpc) is 2.92. The number of hydrogen-bond donors (Lipinski definition) is 3. The molecule has 0 radical (unpaired) electrons. The van der Waals surface area contributed by atoms with Crippen molar-refractivity contribution in [3.63, 3.8) is 0 Å². The molecule has 0 aliphatic carbocycles. The predicted molar refractivity (Wildman–Crippen MR) is 75.9 cm³/mol. The largest absolute Gasteiger partial charge is 0.480 e. The van der Waals surface area contributed by atoms with Crippen molar-refractivity contribution in [3.05, 3.63) is 35.4 Å². The van der Waals surface area contributed by atoms with E-state index in [4.69, 9.17) is 0 Å². The number of carboxylic acids is 1. The number of alkyl halides is 3. The first-order valence-electron chi connectivity index (χ1n) is 7.15. The molecular weight excluding hydrogens is 329 g/mol. The lowest BCUT2D eigenvalue weighted by Gasteiger charge is -2.18. The van der Waals surface area contributed by atoms with Crippen molar-refractivity contribution in [2.75, 3.05) is 0 Å². The minimum atomic E-state index is -4.54. The van der Waals surface area contributed by atoms with Gasteiger partial charge < -0.3 is 15.7 Å². The van der Waals surface area contributed by atoms with E-state index in [2.05, 4.69) is 10.6 Å². The van der Waals surface area contributed by atoms with Crippen molar-refractivity contribution in [3.8, 4) is 0 Å². The number of hydrogen-bond acceptors (Lipinski definition) is 3. The molecule has 0 unspecified atom stereocenters. The Kier molecular flexibility index (Phi) is 5.10. The third-order valence-electron chi connectivity index (χ3n) is 3.62. The number of carboxylic acid groups (broad SMARTS) is 1. The van der Waals surface area contributed by atoms with Crippen LogP contribution in [0.5, 0.6) is 0 Å². The molecular formula is C15H15F3N2O4. The third kappa shape index (κ3) is 4.46. The van der Waals surface area contributed by atoms with Crippen molar-refractivity contribution in [1.29, 1.82) is 0 Å². The van der Waals surface area contributed by atoms with Gasteiger partial charge in [0, 0.05) is 12.8 Å². The van der Waals surface area contributed by atoms with E-state index in [0.717, 1.165) is 12.1 Å². The first-order valence-corrected chi connectivity index (χ1v) is 7.15. The van der Waals surface area contributed by atoms with Gasteiger partial charge in [0.05, 0.1) is 5.56 Å². The van der Waals surface area contributed by atoms with Gasteiger partial charge in [-0.05, 0) is 18.1 Å². The van der Waals surface area contributed by atoms with Gasteiger partial charge in [-0.25, -0.2) is 4.79 Å². The van der Waals surface area contributed by atoms with E-state index in [1.807, 2.05) is 0 Å². The van der Waals surface area contributed by atoms with Crippen LogP contribution in [-0.4, -0.2) is 35.0 Å². The minimum Gasteiger partial charge on any atom is -0.480 e. The highest BCUT2D eigenvalue weighted by Gasteiger charge is 2.32. The summed E-state index contributed by atoms with van der Waals surface area (Å²) < 4.78 is 38.1. The van der Waals surface area contributed by atoms with E-state index < -0.39 is 35.7 Å². The Morgan fingerprint density at radius 3 is 2.62 bits per heavy atom. The maximum Gasteiger partial charge on any atom is 0.416 e. The number of amides is 2. The fourth-order valence-electron chi connectivity index (χ4n) is 2.39. The highest BCUT2D eigenvalue weighted by Crippen LogP contribution is 2.29. The summed E-state index contributed by atoms with van der Waals surface area (Å²) in [5.74, 6) is -2.34. The number of aliphatic carboxylic acids is 1. The van der Waals surface area contributed by atoms with Crippen LogP contribution in [0.2, 0.25) is 0 Å². The topological polar surface area (TPSA) is 95.5 Å². The minimum absolute atomic E-state index is 0.132. The monoisotopic (exact) mass is 344 g/mol. The quantitative estimate of drug-likeness (QED) is 0.745. The van der Waals surface area contributed by atoms with Crippen LogP contribution in [0.3, 0.4) is 0 Å². The fourth-order valence-corrected chi connectivity index (χ4v) is 2.39. The normalized spacial score (nSPS) is 18.8. The molecule has 0 spiro atoms. The Bertz CT molecular complexity index is 660. The molecule has 1 aliphatic heterocycles. The summed E-state index contributed by atoms with van der Waals surface area (Å²) in [6.07, 6.45) is -4.41. The summed E-state index contributed by atoms with van der Waals surface area (Å²) in [4.78, 5) is 34.3. The molecule has 1 aromatic carbocycles. The Labute approximate surface area is 135 Å². The van der Waals surface area contributed by atoms with Crippen molar-refractivity contribution in [2.45, 2.75) is 37.5 Å². The van der Waals surface area contributed by atoms with Gasteiger partial charge in [0.1, 0.15) is 12.1 Å². The zero-order chi connectivity index (χ0) is 17.9. The standard InChI is InChI=1S/C15H15F3N2O4/c16-15(17,18)9-3-1-2-8(6-9)7-11(14(23)24)20-13(22)10-4-5-12(21)19-10/h1-3,6,10-11H,4-5,7H2,(H,19,21)(H,20,22)(H,23,24)/t10-,11-/m0/s1. The molecule has 1 fully saturated rings. The number of carbonyl (C=O) groups excluding carboxylic acids is 2. The molecule has 1 saturated heterocycles. The fraction of sp³-hybridized carbons (Fsp3) is 0.400. The second-order valence-corrected chi connectivity index (χ2v) is 5.46. The van der Waals surface area contributed by atoms with Crippen LogP contribution in [0.25, 0.3) is 0 Å². The van der Waals surface area contributed by atoms with Gasteiger partial charge in [0.2, 0.25) is 11.8 Å². The number of benzene rings is 1. The van der Waals surface area contributed by atoms with Crippen molar-refractivity contribution in [1.82, 2.24) is 10.6 Å². The average molecular weight is 344 g/mol. The maximum atomic E-state index is 12.7. The first-order chi connectivity index (χ1) is 11.2. The molecule has 1 aliphatic rings. The predicted octanol–water partition coefficient (Wildman–Crippen LogP) is 1.10. The molecule has 2 amide bonds. The second-order valence-electron chi connectivity index (χ2n) is 5.46. The van der Waals surface area contributed by atoms with E-state index in [1.165, 1.54) is 12.1 Å². The molecule has 0 aromatic heterocycles. The Balaban J connectivity index is 2.07. The summed E-state index contributed by atoms with van der Waals surface area (Å²) in [6, 6.07) is 2.05. The summed E-state index contributed by atoms with van der Waals surface area (Å²) in [7, 11) is 0. The molecule has 9 heteroatoms. The lowest BCUT2D eigenvalue weighted by Crippen LogP contribution is -2.49. The van der Waals surface area contributed by atoms with Crippen LogP contribution in [0, 0.1) is 0 Å². The van der Waals surface area contributed by atoms with Crippen LogP contribution >= 0.6 is 0 Å². The number of rotatable bonds is 5. The molecule has 1 heterocycles. The number of halogens is 3. The van der Waals surface area contributed by atoms with E-state index in [9.17, 15) is 32.7 Å². The molecule has 1 aromatic rings. The highest BCUT2D eigenvalue weighted by atomic mass is 19.4. The lowest BCUT2D eigenvalue weighted by atomic mass is 10.0. The van der Waals surface area contributed by atoms with Gasteiger partial charge in [-0.1, -0.05) is 18.2 Å². The van der Waals surface area contributed by atoms with Crippen LogP contribution < -0.4 is 10.6 Å². The van der Waals surface area contributed by atoms with Crippen LogP contribution in [0.4, 0.5) is 13.2 Å². The number of carbonyl (C=O) groups is 3. The van der Waals surface area contributed by atoms with Gasteiger partial charge in [-0.3, -0.25) is 9.59 Å². The molecule has 3 N–H and O–H groups in total. The third-order valence-corrected chi connectivity index (χ3v) is 3.62.